The zero-order valence-electron chi connectivity index (χ0n) is 7.97. The first-order valence-electron chi connectivity index (χ1n) is 4.51. The van der Waals surface area contributed by atoms with Gasteiger partial charge in [-0.3, -0.25) is 4.79 Å². The Morgan fingerprint density at radius 3 is 2.64 bits per heavy atom. The average Bonchev–Trinajstić information content (AvgIpc) is 2.66. The van der Waals surface area contributed by atoms with Gasteiger partial charge in [0.15, 0.2) is 6.29 Å². The summed E-state index contributed by atoms with van der Waals surface area (Å²) in [7, 11) is 0. The van der Waals surface area contributed by atoms with Crippen molar-refractivity contribution in [1.82, 2.24) is 4.57 Å². The van der Waals surface area contributed by atoms with Gasteiger partial charge in [-0.2, -0.15) is 0 Å². The molecule has 1 aromatic heterocycles. The smallest absolute Gasteiger partial charge is 0.166 e. The lowest BCUT2D eigenvalue weighted by Gasteiger charge is -2.08. The number of hydrogen-bond donors (Lipinski definition) is 0. The van der Waals surface area contributed by atoms with Crippen LogP contribution in [0.25, 0.3) is 5.69 Å². The number of rotatable bonds is 2. The van der Waals surface area contributed by atoms with Crippen LogP contribution in [0.4, 0.5) is 0 Å². The van der Waals surface area contributed by atoms with Crippen molar-refractivity contribution in [3.63, 3.8) is 0 Å². The molecule has 2 heteroatoms. The van der Waals surface area contributed by atoms with Crippen LogP contribution >= 0.6 is 0 Å². The van der Waals surface area contributed by atoms with E-state index < -0.39 is 0 Å². The Bertz CT molecular complexity index is 457. The lowest BCUT2D eigenvalue weighted by Crippen LogP contribution is -1.99. The topological polar surface area (TPSA) is 22.0 Å². The van der Waals surface area contributed by atoms with Gasteiger partial charge in [0.25, 0.3) is 0 Å². The molecular weight excluding hydrogens is 174 g/mol. The Morgan fingerprint density at radius 2 is 1.93 bits per heavy atom. The van der Waals surface area contributed by atoms with Gasteiger partial charge in [0, 0.05) is 11.9 Å². The lowest BCUT2D eigenvalue weighted by atomic mass is 10.2. The van der Waals surface area contributed by atoms with Crippen LogP contribution in [0, 0.1) is 6.92 Å². The number of benzene rings is 1. The van der Waals surface area contributed by atoms with Gasteiger partial charge in [0.1, 0.15) is 0 Å². The molecule has 0 aliphatic heterocycles. The van der Waals surface area contributed by atoms with E-state index in [0.717, 1.165) is 17.5 Å². The van der Waals surface area contributed by atoms with Crippen LogP contribution in [-0.2, 0) is 0 Å². The van der Waals surface area contributed by atoms with E-state index >= 15 is 0 Å². The molecular formula is C12H11NO. The van der Waals surface area contributed by atoms with E-state index in [1.165, 1.54) is 0 Å². The average molecular weight is 185 g/mol. The largest absolute Gasteiger partial charge is 0.314 e. The van der Waals surface area contributed by atoms with Gasteiger partial charge in [-0.15, -0.1) is 0 Å². The SMILES string of the molecule is Cc1ccccc1-n1cccc1C=O. The fourth-order valence-electron chi connectivity index (χ4n) is 1.54. The lowest BCUT2D eigenvalue weighted by molar-refractivity contribution is 0.111. The fourth-order valence-corrected chi connectivity index (χ4v) is 1.54. The number of carbonyl (C=O) groups excluding carboxylic acids is 1. The molecule has 1 aromatic carbocycles. The van der Waals surface area contributed by atoms with Gasteiger partial charge >= 0.3 is 0 Å². The van der Waals surface area contributed by atoms with Crippen molar-refractivity contribution in [1.29, 1.82) is 0 Å². The summed E-state index contributed by atoms with van der Waals surface area (Å²) in [6.07, 6.45) is 2.76. The Hall–Kier alpha value is -1.83. The molecule has 0 fully saturated rings. The second-order valence-corrected chi connectivity index (χ2v) is 3.21. The van der Waals surface area contributed by atoms with E-state index in [9.17, 15) is 4.79 Å². The number of carbonyl (C=O) groups is 1. The molecule has 0 N–H and O–H groups in total. The quantitative estimate of drug-likeness (QED) is 0.659. The van der Waals surface area contributed by atoms with Crippen molar-refractivity contribution < 1.29 is 4.79 Å². The first-order valence-corrected chi connectivity index (χ1v) is 4.51. The van der Waals surface area contributed by atoms with Gasteiger partial charge in [-0.05, 0) is 30.7 Å². The summed E-state index contributed by atoms with van der Waals surface area (Å²) in [5.41, 5.74) is 2.89. The molecule has 1 heterocycles. The Labute approximate surface area is 82.8 Å². The summed E-state index contributed by atoms with van der Waals surface area (Å²) in [6.45, 7) is 2.03. The summed E-state index contributed by atoms with van der Waals surface area (Å²) >= 11 is 0. The molecule has 0 radical (unpaired) electrons. The van der Waals surface area contributed by atoms with Crippen LogP contribution in [0.3, 0.4) is 0 Å². The van der Waals surface area contributed by atoms with Crippen LogP contribution in [0.15, 0.2) is 42.6 Å². The summed E-state index contributed by atoms with van der Waals surface area (Å²) < 4.78 is 1.89. The van der Waals surface area contributed by atoms with E-state index in [-0.39, 0.29) is 0 Å². The molecule has 0 saturated carbocycles. The number of aromatic nitrogens is 1. The Balaban J connectivity index is 2.60. The Morgan fingerprint density at radius 1 is 1.14 bits per heavy atom. The number of aryl methyl sites for hydroxylation is 1. The van der Waals surface area contributed by atoms with E-state index in [1.54, 1.807) is 6.07 Å². The fraction of sp³-hybridized carbons (Fsp3) is 0.0833. The first kappa shape index (κ1) is 8.75. The molecule has 2 rings (SSSR count). The van der Waals surface area contributed by atoms with E-state index in [2.05, 4.69) is 0 Å². The molecule has 14 heavy (non-hydrogen) atoms. The van der Waals surface area contributed by atoms with Crippen molar-refractivity contribution >= 4 is 6.29 Å². The third-order valence-corrected chi connectivity index (χ3v) is 2.28. The van der Waals surface area contributed by atoms with Crippen molar-refractivity contribution in [2.45, 2.75) is 6.92 Å². The molecule has 0 aliphatic rings. The van der Waals surface area contributed by atoms with Crippen molar-refractivity contribution in [2.24, 2.45) is 0 Å². The Kier molecular flexibility index (Phi) is 2.19. The minimum absolute atomic E-state index is 0.680. The molecule has 0 amide bonds. The van der Waals surface area contributed by atoms with Gasteiger partial charge in [-0.1, -0.05) is 18.2 Å². The molecule has 2 aromatic rings. The second-order valence-electron chi connectivity index (χ2n) is 3.21. The van der Waals surface area contributed by atoms with Crippen molar-refractivity contribution in [2.75, 3.05) is 0 Å². The van der Waals surface area contributed by atoms with Crippen LogP contribution in [0.1, 0.15) is 16.1 Å². The molecule has 0 bridgehead atoms. The molecule has 0 aliphatic carbocycles. The highest BCUT2D eigenvalue weighted by atomic mass is 16.1. The normalized spacial score (nSPS) is 10.1. The molecule has 2 nitrogen and oxygen atoms in total. The van der Waals surface area contributed by atoms with Crippen molar-refractivity contribution in [3.05, 3.63) is 53.9 Å². The molecule has 0 saturated heterocycles. The van der Waals surface area contributed by atoms with Gasteiger partial charge < -0.3 is 4.57 Å². The summed E-state index contributed by atoms with van der Waals surface area (Å²) in [4.78, 5) is 10.8. The predicted molar refractivity (Wildman–Crippen MR) is 55.9 cm³/mol. The molecule has 0 unspecified atom stereocenters. The van der Waals surface area contributed by atoms with Crippen LogP contribution in [-0.4, -0.2) is 10.9 Å². The van der Waals surface area contributed by atoms with Crippen molar-refractivity contribution in [3.8, 4) is 5.69 Å². The molecule has 70 valence electrons. The van der Waals surface area contributed by atoms with E-state index in [1.807, 2.05) is 48.0 Å². The minimum atomic E-state index is 0.680. The molecule has 0 spiro atoms. The highest BCUT2D eigenvalue weighted by Crippen LogP contribution is 2.15. The highest BCUT2D eigenvalue weighted by molar-refractivity contribution is 5.74. The maximum absolute atomic E-state index is 10.8. The number of hydrogen-bond acceptors (Lipinski definition) is 1. The highest BCUT2D eigenvalue weighted by Gasteiger charge is 2.03. The number of aldehydes is 1. The number of para-hydroxylation sites is 1. The standard InChI is InChI=1S/C12H11NO/c1-10-5-2-3-7-12(10)13-8-4-6-11(13)9-14/h2-9H,1H3. The predicted octanol–water partition coefficient (Wildman–Crippen LogP) is 2.60. The monoisotopic (exact) mass is 185 g/mol. The van der Waals surface area contributed by atoms with Gasteiger partial charge in [0.2, 0.25) is 0 Å². The maximum atomic E-state index is 10.8. The van der Waals surface area contributed by atoms with Crippen LogP contribution in [0.5, 0.6) is 0 Å². The van der Waals surface area contributed by atoms with E-state index in [4.69, 9.17) is 0 Å². The van der Waals surface area contributed by atoms with Gasteiger partial charge in [-0.25, -0.2) is 0 Å². The summed E-state index contributed by atoms with van der Waals surface area (Å²) in [5.74, 6) is 0. The zero-order valence-corrected chi connectivity index (χ0v) is 7.97. The third-order valence-electron chi connectivity index (χ3n) is 2.28. The molecule has 0 atom stereocenters. The zero-order chi connectivity index (χ0) is 9.97. The summed E-state index contributed by atoms with van der Waals surface area (Å²) in [5, 5.41) is 0. The van der Waals surface area contributed by atoms with Crippen LogP contribution < -0.4 is 0 Å². The maximum Gasteiger partial charge on any atom is 0.166 e. The summed E-state index contributed by atoms with van der Waals surface area (Å²) in [6, 6.07) is 11.7. The third kappa shape index (κ3) is 1.35. The first-order chi connectivity index (χ1) is 6.83. The number of nitrogens with zero attached hydrogens (tertiary/aromatic N) is 1. The van der Waals surface area contributed by atoms with Crippen LogP contribution in [0.2, 0.25) is 0 Å². The second kappa shape index (κ2) is 3.50. The van der Waals surface area contributed by atoms with Gasteiger partial charge in [0.05, 0.1) is 5.69 Å². The minimum Gasteiger partial charge on any atom is -0.314 e. The van der Waals surface area contributed by atoms with E-state index in [0.29, 0.717) is 5.69 Å².